The largest absolute Gasteiger partial charge is 0.330 e. The maximum atomic E-state index is 5.68. The molecular weight excluding hydrogens is 260 g/mol. The smallest absolute Gasteiger partial charge is 0.0288 e. The van der Waals surface area contributed by atoms with Crippen LogP contribution in [0.5, 0.6) is 0 Å². The van der Waals surface area contributed by atoms with Crippen molar-refractivity contribution >= 4 is 0 Å². The first kappa shape index (κ1) is 20.8. The van der Waals surface area contributed by atoms with Gasteiger partial charge in [-0.2, -0.15) is 5.12 Å². The maximum absolute atomic E-state index is 5.68. The average Bonchev–Trinajstić information content (AvgIpc) is 2.50. The first-order valence-corrected chi connectivity index (χ1v) is 9.19. The monoisotopic (exact) mass is 300 g/mol. The Bertz CT molecular complexity index is 211. The molecule has 3 N–H and O–H groups in total. The SMILES string of the molecule is CCCCC(CC)CNN(CCC)N(CCC)CCCN. The summed E-state index contributed by atoms with van der Waals surface area (Å²) in [5.74, 6) is 0.794. The number of hydrazine groups is 2. The number of nitrogens with one attached hydrogen (secondary N) is 1. The molecule has 0 aromatic rings. The molecule has 0 saturated carbocycles. The van der Waals surface area contributed by atoms with E-state index >= 15 is 0 Å². The topological polar surface area (TPSA) is 44.5 Å². The Balaban J connectivity index is 4.39. The summed E-state index contributed by atoms with van der Waals surface area (Å²) in [7, 11) is 0. The van der Waals surface area contributed by atoms with Crippen LogP contribution >= 0.6 is 0 Å². The summed E-state index contributed by atoms with van der Waals surface area (Å²) in [6.07, 6.45) is 8.67. The van der Waals surface area contributed by atoms with Crippen LogP contribution in [0.25, 0.3) is 0 Å². The molecule has 0 fully saturated rings. The molecule has 0 aliphatic rings. The molecule has 21 heavy (non-hydrogen) atoms. The van der Waals surface area contributed by atoms with Crippen molar-refractivity contribution in [3.63, 3.8) is 0 Å². The van der Waals surface area contributed by atoms with Crippen molar-refractivity contribution in [3.05, 3.63) is 0 Å². The Morgan fingerprint density at radius 1 is 0.905 bits per heavy atom. The highest BCUT2D eigenvalue weighted by molar-refractivity contribution is 4.62. The molecule has 1 unspecified atom stereocenters. The van der Waals surface area contributed by atoms with Gasteiger partial charge in [0.2, 0.25) is 0 Å². The third-order valence-electron chi connectivity index (χ3n) is 3.98. The van der Waals surface area contributed by atoms with Gasteiger partial charge in [-0.05, 0) is 38.1 Å². The fraction of sp³-hybridized carbons (Fsp3) is 1.00. The highest BCUT2D eigenvalue weighted by Crippen LogP contribution is 2.12. The molecule has 0 aromatic carbocycles. The van der Waals surface area contributed by atoms with Crippen molar-refractivity contribution < 1.29 is 0 Å². The molecule has 0 amide bonds. The van der Waals surface area contributed by atoms with Gasteiger partial charge in [0.15, 0.2) is 0 Å². The van der Waals surface area contributed by atoms with E-state index in [4.69, 9.17) is 5.73 Å². The third kappa shape index (κ3) is 10.2. The molecular formula is C17H40N4. The Kier molecular flexibility index (Phi) is 14.7. The Hall–Kier alpha value is -0.160. The standard InChI is InChI=1S/C17H40N4/c1-5-9-11-17(8-4)16-19-21(14-7-3)20(13-6-2)15-10-12-18/h17,19H,5-16,18H2,1-4H3. The second-order valence-corrected chi connectivity index (χ2v) is 6.00. The Labute approximate surface area is 133 Å². The van der Waals surface area contributed by atoms with Gasteiger partial charge >= 0.3 is 0 Å². The molecule has 0 radical (unpaired) electrons. The second kappa shape index (κ2) is 14.8. The molecule has 0 aliphatic heterocycles. The zero-order valence-corrected chi connectivity index (χ0v) is 15.0. The van der Waals surface area contributed by atoms with Gasteiger partial charge in [0.25, 0.3) is 0 Å². The van der Waals surface area contributed by atoms with E-state index in [9.17, 15) is 0 Å². The quantitative estimate of drug-likeness (QED) is 0.455. The van der Waals surface area contributed by atoms with E-state index in [0.29, 0.717) is 0 Å². The fourth-order valence-corrected chi connectivity index (χ4v) is 2.60. The molecule has 4 heteroatoms. The molecule has 1 atom stereocenters. The van der Waals surface area contributed by atoms with Crippen molar-refractivity contribution in [2.75, 3.05) is 32.7 Å². The van der Waals surface area contributed by atoms with Crippen LogP contribution in [0, 0.1) is 5.92 Å². The van der Waals surface area contributed by atoms with Crippen molar-refractivity contribution in [1.82, 2.24) is 15.6 Å². The van der Waals surface area contributed by atoms with E-state index in [0.717, 1.165) is 45.1 Å². The maximum Gasteiger partial charge on any atom is 0.0288 e. The summed E-state index contributed by atoms with van der Waals surface area (Å²) in [6, 6.07) is 0. The van der Waals surface area contributed by atoms with E-state index in [1.165, 1.54) is 38.5 Å². The minimum absolute atomic E-state index is 0.772. The summed E-state index contributed by atoms with van der Waals surface area (Å²) < 4.78 is 0. The molecule has 0 saturated heterocycles. The summed E-state index contributed by atoms with van der Waals surface area (Å²) in [5, 5.41) is 4.80. The van der Waals surface area contributed by atoms with Crippen LogP contribution in [-0.4, -0.2) is 42.9 Å². The van der Waals surface area contributed by atoms with Gasteiger partial charge in [-0.25, -0.2) is 10.4 Å². The lowest BCUT2D eigenvalue weighted by Gasteiger charge is -2.36. The number of nitrogens with zero attached hydrogens (tertiary/aromatic N) is 2. The molecule has 0 spiro atoms. The van der Waals surface area contributed by atoms with E-state index in [-0.39, 0.29) is 0 Å². The Morgan fingerprint density at radius 2 is 1.62 bits per heavy atom. The molecule has 0 bridgehead atoms. The summed E-state index contributed by atoms with van der Waals surface area (Å²) in [5.41, 5.74) is 9.37. The van der Waals surface area contributed by atoms with Gasteiger partial charge in [0.1, 0.15) is 0 Å². The van der Waals surface area contributed by atoms with Crippen LogP contribution in [0.1, 0.15) is 72.6 Å². The highest BCUT2D eigenvalue weighted by atomic mass is 15.8. The van der Waals surface area contributed by atoms with E-state index in [1.807, 2.05) is 0 Å². The van der Waals surface area contributed by atoms with Crippen molar-refractivity contribution in [2.45, 2.75) is 72.6 Å². The average molecular weight is 301 g/mol. The van der Waals surface area contributed by atoms with Gasteiger partial charge in [0, 0.05) is 26.2 Å². The summed E-state index contributed by atoms with van der Waals surface area (Å²) in [6.45, 7) is 14.2. The van der Waals surface area contributed by atoms with Crippen LogP contribution in [-0.2, 0) is 0 Å². The predicted octanol–water partition coefficient (Wildman–Crippen LogP) is 3.40. The van der Waals surface area contributed by atoms with Crippen LogP contribution in [0.3, 0.4) is 0 Å². The lowest BCUT2D eigenvalue weighted by Crippen LogP contribution is -2.53. The number of unbranched alkanes of at least 4 members (excludes halogenated alkanes) is 1. The number of rotatable bonds is 15. The van der Waals surface area contributed by atoms with E-state index < -0.39 is 0 Å². The molecule has 0 rings (SSSR count). The van der Waals surface area contributed by atoms with Crippen LogP contribution in [0.4, 0.5) is 0 Å². The van der Waals surface area contributed by atoms with E-state index in [1.54, 1.807) is 0 Å². The summed E-state index contributed by atoms with van der Waals surface area (Å²) in [4.78, 5) is 0. The first-order chi connectivity index (χ1) is 10.2. The van der Waals surface area contributed by atoms with Gasteiger partial charge in [-0.3, -0.25) is 0 Å². The third-order valence-corrected chi connectivity index (χ3v) is 3.98. The van der Waals surface area contributed by atoms with Crippen LogP contribution in [0.2, 0.25) is 0 Å². The number of hydrogen-bond acceptors (Lipinski definition) is 4. The van der Waals surface area contributed by atoms with Gasteiger partial charge in [-0.15, -0.1) is 0 Å². The molecule has 0 aromatic heterocycles. The zero-order valence-electron chi connectivity index (χ0n) is 15.0. The van der Waals surface area contributed by atoms with Crippen LogP contribution < -0.4 is 11.2 Å². The van der Waals surface area contributed by atoms with Crippen LogP contribution in [0.15, 0.2) is 0 Å². The first-order valence-electron chi connectivity index (χ1n) is 9.19. The lowest BCUT2D eigenvalue weighted by atomic mass is 10.00. The van der Waals surface area contributed by atoms with E-state index in [2.05, 4.69) is 43.2 Å². The van der Waals surface area contributed by atoms with Gasteiger partial charge < -0.3 is 5.73 Å². The van der Waals surface area contributed by atoms with Crippen molar-refractivity contribution in [3.8, 4) is 0 Å². The molecule has 4 nitrogen and oxygen atoms in total. The minimum atomic E-state index is 0.772. The van der Waals surface area contributed by atoms with Gasteiger partial charge in [0.05, 0.1) is 0 Å². The van der Waals surface area contributed by atoms with Crippen molar-refractivity contribution in [1.29, 1.82) is 0 Å². The molecule has 0 aliphatic carbocycles. The number of nitrogens with two attached hydrogens (primary N) is 1. The molecule has 0 heterocycles. The fourth-order valence-electron chi connectivity index (χ4n) is 2.60. The van der Waals surface area contributed by atoms with Crippen molar-refractivity contribution in [2.24, 2.45) is 11.7 Å². The normalized spacial score (nSPS) is 13.3. The zero-order chi connectivity index (χ0) is 15.9. The second-order valence-electron chi connectivity index (χ2n) is 6.00. The molecule has 128 valence electrons. The number of hydrogen-bond donors (Lipinski definition) is 2. The predicted molar refractivity (Wildman–Crippen MR) is 93.8 cm³/mol. The highest BCUT2D eigenvalue weighted by Gasteiger charge is 2.15. The summed E-state index contributed by atoms with van der Waals surface area (Å²) >= 11 is 0. The minimum Gasteiger partial charge on any atom is -0.330 e. The Morgan fingerprint density at radius 3 is 2.14 bits per heavy atom. The lowest BCUT2D eigenvalue weighted by molar-refractivity contribution is -0.0741. The van der Waals surface area contributed by atoms with Gasteiger partial charge in [-0.1, -0.05) is 47.0 Å².